The summed E-state index contributed by atoms with van der Waals surface area (Å²) in [6.45, 7) is 0. The lowest BCUT2D eigenvalue weighted by Crippen LogP contribution is -1.91. The number of alkyl halides is 1. The Morgan fingerprint density at radius 3 is 2.56 bits per heavy atom. The monoisotopic (exact) mass is 316 g/mol. The Morgan fingerprint density at radius 1 is 1.00 bits per heavy atom. The number of allylic oxidation sites excluding steroid dienone is 1. The minimum absolute atomic E-state index is 0.885. The normalized spacial score (nSPS) is 15.9. The van der Waals surface area contributed by atoms with Gasteiger partial charge in [0.1, 0.15) is 0 Å². The van der Waals surface area contributed by atoms with Crippen LogP contribution in [0.25, 0.3) is 5.57 Å². The molecule has 90 valence electrons. The van der Waals surface area contributed by atoms with Gasteiger partial charge in [0.05, 0.1) is 0 Å². The minimum atomic E-state index is 0.885. The molecule has 0 amide bonds. The molecule has 0 spiro atoms. The average molecular weight is 317 g/mol. The van der Waals surface area contributed by atoms with E-state index in [0.29, 0.717) is 0 Å². The van der Waals surface area contributed by atoms with Crippen molar-refractivity contribution in [1.82, 2.24) is 0 Å². The van der Waals surface area contributed by atoms with Crippen molar-refractivity contribution < 1.29 is 0 Å². The van der Waals surface area contributed by atoms with E-state index >= 15 is 0 Å². The van der Waals surface area contributed by atoms with Gasteiger partial charge in [0.25, 0.3) is 0 Å². The number of hydrogen-bond acceptors (Lipinski definition) is 1. The van der Waals surface area contributed by atoms with Gasteiger partial charge in [-0.2, -0.15) is 0 Å². The minimum Gasteiger partial charge on any atom is -0.121 e. The fraction of sp³-hybridized carbons (Fsp3) is 0.125. The largest absolute Gasteiger partial charge is 0.121 e. The summed E-state index contributed by atoms with van der Waals surface area (Å²) in [5.74, 6) is 1.05. The third-order valence-electron chi connectivity index (χ3n) is 3.15. The number of halogens is 1. The van der Waals surface area contributed by atoms with Gasteiger partial charge in [-0.1, -0.05) is 64.5 Å². The van der Waals surface area contributed by atoms with Crippen LogP contribution in [0.5, 0.6) is 0 Å². The highest BCUT2D eigenvalue weighted by molar-refractivity contribution is 9.09. The Balaban J connectivity index is 2.25. The van der Waals surface area contributed by atoms with E-state index in [1.807, 2.05) is 11.8 Å². The van der Waals surface area contributed by atoms with Gasteiger partial charge >= 0.3 is 0 Å². The highest BCUT2D eigenvalue weighted by Gasteiger charge is 2.17. The van der Waals surface area contributed by atoms with Crippen molar-refractivity contribution in [1.29, 1.82) is 0 Å². The average Bonchev–Trinajstić information content (AvgIpc) is 2.58. The molecule has 2 heteroatoms. The molecule has 0 nitrogen and oxygen atoms in total. The summed E-state index contributed by atoms with van der Waals surface area (Å²) < 4.78 is 0. The zero-order valence-corrected chi connectivity index (χ0v) is 12.3. The Labute approximate surface area is 120 Å². The first kappa shape index (κ1) is 12.1. The van der Waals surface area contributed by atoms with E-state index in [1.165, 1.54) is 27.2 Å². The highest BCUT2D eigenvalue weighted by atomic mass is 79.9. The molecule has 0 fully saturated rings. The summed E-state index contributed by atoms with van der Waals surface area (Å²) >= 11 is 5.46. The van der Waals surface area contributed by atoms with Gasteiger partial charge < -0.3 is 0 Å². The van der Waals surface area contributed by atoms with Crippen LogP contribution >= 0.6 is 27.7 Å². The fourth-order valence-electron chi connectivity index (χ4n) is 2.32. The third-order valence-corrected chi connectivity index (χ3v) is 4.60. The first-order valence-corrected chi connectivity index (χ1v) is 8.07. The van der Waals surface area contributed by atoms with Gasteiger partial charge in [-0.25, -0.2) is 0 Å². The van der Waals surface area contributed by atoms with Gasteiger partial charge in [-0.3, -0.25) is 0 Å². The van der Waals surface area contributed by atoms with Gasteiger partial charge in [0.2, 0.25) is 0 Å². The van der Waals surface area contributed by atoms with Crippen LogP contribution in [0.15, 0.2) is 59.5 Å². The van der Waals surface area contributed by atoms with Crippen molar-refractivity contribution in [2.45, 2.75) is 10.6 Å². The van der Waals surface area contributed by atoms with Crippen molar-refractivity contribution in [2.24, 2.45) is 0 Å². The molecule has 0 unspecified atom stereocenters. The maximum absolute atomic E-state index is 3.53. The number of fused-ring (bicyclic) bond motifs is 2. The number of benzene rings is 2. The van der Waals surface area contributed by atoms with Crippen LogP contribution in [0.1, 0.15) is 16.7 Å². The van der Waals surface area contributed by atoms with Crippen LogP contribution in [0.2, 0.25) is 0 Å². The van der Waals surface area contributed by atoms with Gasteiger partial charge in [0.15, 0.2) is 0 Å². The number of rotatable bonds is 1. The van der Waals surface area contributed by atoms with E-state index < -0.39 is 0 Å². The topological polar surface area (TPSA) is 0 Å². The quantitative estimate of drug-likeness (QED) is 0.658. The first-order valence-electron chi connectivity index (χ1n) is 5.97. The second-order valence-corrected chi connectivity index (χ2v) is 5.88. The van der Waals surface area contributed by atoms with E-state index in [1.54, 1.807) is 0 Å². The molecule has 1 heterocycles. The van der Waals surface area contributed by atoms with Crippen LogP contribution in [-0.2, 0) is 5.75 Å². The predicted molar refractivity (Wildman–Crippen MR) is 83.3 cm³/mol. The molecule has 2 aromatic rings. The lowest BCUT2D eigenvalue weighted by atomic mass is 9.94. The standard InChI is InChI=1S/C16H13BrS/c17-10-9-14-13-6-2-1-5-12(13)11-18-16-8-4-3-7-15(14)16/h1-9H,10-11H2. The van der Waals surface area contributed by atoms with E-state index in [-0.39, 0.29) is 0 Å². The summed E-state index contributed by atoms with van der Waals surface area (Å²) in [7, 11) is 0. The molecule has 1 aliphatic rings. The van der Waals surface area contributed by atoms with Crippen molar-refractivity contribution in [2.75, 3.05) is 5.33 Å². The first-order chi connectivity index (χ1) is 8.90. The molecular formula is C16H13BrS. The van der Waals surface area contributed by atoms with Crippen LogP contribution in [0.4, 0.5) is 0 Å². The Kier molecular flexibility index (Phi) is 3.57. The molecule has 0 aromatic heterocycles. The van der Waals surface area contributed by atoms with Gasteiger partial charge in [-0.05, 0) is 28.3 Å². The predicted octanol–water partition coefficient (Wildman–Crippen LogP) is 5.12. The van der Waals surface area contributed by atoms with E-state index in [0.717, 1.165) is 11.1 Å². The summed E-state index contributed by atoms with van der Waals surface area (Å²) in [5, 5.41) is 0.885. The van der Waals surface area contributed by atoms with E-state index in [9.17, 15) is 0 Å². The molecule has 18 heavy (non-hydrogen) atoms. The van der Waals surface area contributed by atoms with E-state index in [4.69, 9.17) is 0 Å². The molecule has 0 saturated carbocycles. The van der Waals surface area contributed by atoms with Crippen molar-refractivity contribution in [3.05, 3.63) is 71.3 Å². The van der Waals surface area contributed by atoms with E-state index in [2.05, 4.69) is 70.5 Å². The van der Waals surface area contributed by atoms with Crippen LogP contribution < -0.4 is 0 Å². The summed E-state index contributed by atoms with van der Waals surface area (Å²) in [6, 6.07) is 17.4. The van der Waals surface area contributed by atoms with Gasteiger partial charge in [0, 0.05) is 16.0 Å². The van der Waals surface area contributed by atoms with Crippen LogP contribution in [0, 0.1) is 0 Å². The number of thioether (sulfide) groups is 1. The van der Waals surface area contributed by atoms with Gasteiger partial charge in [-0.15, -0.1) is 11.8 Å². The molecule has 0 aliphatic carbocycles. The number of hydrogen-bond donors (Lipinski definition) is 0. The zero-order chi connectivity index (χ0) is 12.4. The summed E-state index contributed by atoms with van der Waals surface area (Å²) in [4.78, 5) is 1.38. The molecular weight excluding hydrogens is 304 g/mol. The highest BCUT2D eigenvalue weighted by Crippen LogP contribution is 2.39. The molecule has 0 radical (unpaired) electrons. The van der Waals surface area contributed by atoms with Crippen molar-refractivity contribution >= 4 is 33.3 Å². The SMILES string of the molecule is BrCC=C1c2ccccc2CSc2ccccc21. The van der Waals surface area contributed by atoms with Crippen molar-refractivity contribution in [3.8, 4) is 0 Å². The molecule has 1 aliphatic heterocycles. The zero-order valence-electron chi connectivity index (χ0n) is 9.90. The van der Waals surface area contributed by atoms with Crippen LogP contribution in [-0.4, -0.2) is 5.33 Å². The lowest BCUT2D eigenvalue weighted by Gasteiger charge is -2.10. The van der Waals surface area contributed by atoms with Crippen LogP contribution in [0.3, 0.4) is 0 Å². The molecule has 0 bridgehead atoms. The second kappa shape index (κ2) is 5.33. The van der Waals surface area contributed by atoms with Crippen molar-refractivity contribution in [3.63, 3.8) is 0 Å². The molecule has 2 aromatic carbocycles. The molecule has 0 N–H and O–H groups in total. The molecule has 3 rings (SSSR count). The summed E-state index contributed by atoms with van der Waals surface area (Å²) in [5.41, 5.74) is 5.50. The Bertz CT molecular complexity index is 552. The smallest absolute Gasteiger partial charge is 0.0238 e. The molecule has 0 saturated heterocycles. The second-order valence-electron chi connectivity index (χ2n) is 4.21. The molecule has 0 atom stereocenters. The summed E-state index contributed by atoms with van der Waals surface area (Å²) in [6.07, 6.45) is 2.27. The fourth-order valence-corrected chi connectivity index (χ4v) is 3.72. The Morgan fingerprint density at radius 2 is 1.72 bits per heavy atom. The maximum atomic E-state index is 3.53. The third kappa shape index (κ3) is 2.15. The lowest BCUT2D eigenvalue weighted by molar-refractivity contribution is 1.38. The maximum Gasteiger partial charge on any atom is 0.0238 e. The Hall–Kier alpha value is -0.990.